The van der Waals surface area contributed by atoms with Crippen LogP contribution in [0.3, 0.4) is 0 Å². The van der Waals surface area contributed by atoms with Crippen molar-refractivity contribution >= 4 is 16.9 Å². The molecule has 3 aromatic rings. The average molecular weight is 279 g/mol. The Morgan fingerprint density at radius 2 is 1.86 bits per heavy atom. The van der Waals surface area contributed by atoms with Crippen LogP contribution in [0.15, 0.2) is 60.8 Å². The smallest absolute Gasteiger partial charge is 0.338 e. The fourth-order valence-electron chi connectivity index (χ4n) is 2.03. The molecule has 0 amide bonds. The summed E-state index contributed by atoms with van der Waals surface area (Å²) in [5, 5.41) is 10.2. The lowest BCUT2D eigenvalue weighted by atomic mass is 10.2. The van der Waals surface area contributed by atoms with Crippen molar-refractivity contribution in [2.45, 2.75) is 6.61 Å². The third-order valence-corrected chi connectivity index (χ3v) is 3.12. The van der Waals surface area contributed by atoms with Crippen LogP contribution in [0.5, 0.6) is 5.75 Å². The van der Waals surface area contributed by atoms with Gasteiger partial charge in [-0.25, -0.2) is 4.79 Å². The zero-order valence-corrected chi connectivity index (χ0v) is 11.2. The van der Waals surface area contributed by atoms with Gasteiger partial charge in [0.25, 0.3) is 0 Å². The molecule has 0 spiro atoms. The van der Waals surface area contributed by atoms with Crippen LogP contribution in [0.2, 0.25) is 0 Å². The molecule has 4 heteroatoms. The van der Waals surface area contributed by atoms with E-state index in [4.69, 9.17) is 4.74 Å². The fraction of sp³-hybridized carbons (Fsp3) is 0.0588. The third kappa shape index (κ3) is 3.00. The predicted molar refractivity (Wildman–Crippen MR) is 79.0 cm³/mol. The van der Waals surface area contributed by atoms with E-state index in [2.05, 4.69) is 4.98 Å². The van der Waals surface area contributed by atoms with Crippen LogP contribution in [-0.4, -0.2) is 16.1 Å². The predicted octanol–water partition coefficient (Wildman–Crippen LogP) is 3.30. The van der Waals surface area contributed by atoms with Gasteiger partial charge in [0.05, 0.1) is 11.1 Å². The van der Waals surface area contributed by atoms with Gasteiger partial charge in [0.15, 0.2) is 0 Å². The molecule has 0 radical (unpaired) electrons. The molecule has 0 aliphatic carbocycles. The quantitative estimate of drug-likeness (QED) is 0.747. The lowest BCUT2D eigenvalue weighted by Crippen LogP contribution is -2.05. The van der Waals surface area contributed by atoms with E-state index < -0.39 is 5.97 Å². The first-order valence-corrected chi connectivity index (χ1v) is 6.52. The molecule has 0 unspecified atom stereocenters. The molecule has 0 aliphatic heterocycles. The van der Waals surface area contributed by atoms with E-state index in [0.717, 1.165) is 16.5 Å². The number of fused-ring (bicyclic) bond motifs is 1. The van der Waals surface area contributed by atoms with E-state index in [-0.39, 0.29) is 12.4 Å². The minimum Gasteiger partial charge on any atom is -0.508 e. The van der Waals surface area contributed by atoms with Gasteiger partial charge in [0.1, 0.15) is 12.4 Å². The van der Waals surface area contributed by atoms with Crippen molar-refractivity contribution in [3.8, 4) is 5.75 Å². The van der Waals surface area contributed by atoms with Gasteiger partial charge in [-0.15, -0.1) is 0 Å². The maximum Gasteiger partial charge on any atom is 0.338 e. The zero-order chi connectivity index (χ0) is 14.7. The van der Waals surface area contributed by atoms with Crippen LogP contribution in [-0.2, 0) is 11.3 Å². The Morgan fingerprint density at radius 1 is 1.10 bits per heavy atom. The number of hydrogen-bond acceptors (Lipinski definition) is 4. The largest absolute Gasteiger partial charge is 0.508 e. The number of phenolic OH excluding ortho intramolecular Hbond substituents is 1. The highest BCUT2D eigenvalue weighted by Crippen LogP contribution is 2.15. The molecule has 104 valence electrons. The second kappa shape index (κ2) is 5.63. The summed E-state index contributed by atoms with van der Waals surface area (Å²) in [6.45, 7) is 0.164. The Labute approximate surface area is 121 Å². The van der Waals surface area contributed by atoms with Gasteiger partial charge in [-0.1, -0.05) is 18.2 Å². The molecule has 1 heterocycles. The molecular weight excluding hydrogens is 266 g/mol. The third-order valence-electron chi connectivity index (χ3n) is 3.12. The normalized spacial score (nSPS) is 10.5. The maximum absolute atomic E-state index is 11.9. The second-order valence-electron chi connectivity index (χ2n) is 4.66. The molecule has 4 nitrogen and oxygen atoms in total. The van der Waals surface area contributed by atoms with Crippen molar-refractivity contribution in [2.75, 3.05) is 0 Å². The number of hydrogen-bond donors (Lipinski definition) is 1. The van der Waals surface area contributed by atoms with Crippen LogP contribution in [0.4, 0.5) is 0 Å². The number of carbonyl (C=O) groups is 1. The van der Waals surface area contributed by atoms with Crippen molar-refractivity contribution in [1.29, 1.82) is 0 Å². The number of phenols is 1. The number of ether oxygens (including phenoxy) is 1. The van der Waals surface area contributed by atoms with Crippen LogP contribution < -0.4 is 0 Å². The summed E-state index contributed by atoms with van der Waals surface area (Å²) in [7, 11) is 0. The van der Waals surface area contributed by atoms with Crippen molar-refractivity contribution in [3.05, 3.63) is 71.9 Å². The summed E-state index contributed by atoms with van der Waals surface area (Å²) in [5.41, 5.74) is 2.15. The highest BCUT2D eigenvalue weighted by molar-refractivity contribution is 5.89. The number of carbonyl (C=O) groups excluding carboxylic acids is 1. The Morgan fingerprint density at radius 3 is 2.67 bits per heavy atom. The number of benzene rings is 2. The molecule has 0 saturated heterocycles. The molecule has 21 heavy (non-hydrogen) atoms. The molecule has 1 aromatic heterocycles. The molecule has 0 bridgehead atoms. The SMILES string of the molecule is O=C(OCc1cnc2ccccc2c1)c1ccc(O)cc1. The molecule has 0 atom stereocenters. The van der Waals surface area contributed by atoms with E-state index in [1.54, 1.807) is 6.20 Å². The number of rotatable bonds is 3. The molecular formula is C17H13NO3. The zero-order valence-electron chi connectivity index (χ0n) is 11.2. The number of nitrogens with zero attached hydrogens (tertiary/aromatic N) is 1. The van der Waals surface area contributed by atoms with Crippen LogP contribution in [0, 0.1) is 0 Å². The van der Waals surface area contributed by atoms with Crippen molar-refractivity contribution < 1.29 is 14.6 Å². The molecule has 1 N–H and O–H groups in total. The number of para-hydroxylation sites is 1. The van der Waals surface area contributed by atoms with Gasteiger partial charge in [-0.2, -0.15) is 0 Å². The second-order valence-corrected chi connectivity index (χ2v) is 4.66. The van der Waals surface area contributed by atoms with Crippen LogP contribution in [0.1, 0.15) is 15.9 Å². The standard InChI is InChI=1S/C17H13NO3/c19-15-7-5-13(6-8-15)17(20)21-11-12-9-14-3-1-2-4-16(14)18-10-12/h1-10,19H,11H2. The van der Waals surface area contributed by atoms with Crippen molar-refractivity contribution in [1.82, 2.24) is 4.98 Å². The Hall–Kier alpha value is -2.88. The summed E-state index contributed by atoms with van der Waals surface area (Å²) in [6.07, 6.45) is 1.70. The summed E-state index contributed by atoms with van der Waals surface area (Å²) in [6, 6.07) is 15.7. The van der Waals surface area contributed by atoms with E-state index in [9.17, 15) is 9.90 Å². The van der Waals surface area contributed by atoms with E-state index >= 15 is 0 Å². The number of pyridine rings is 1. The molecule has 2 aromatic carbocycles. The number of aromatic hydroxyl groups is 1. The maximum atomic E-state index is 11.9. The topological polar surface area (TPSA) is 59.4 Å². The van der Waals surface area contributed by atoms with Gasteiger partial charge in [0, 0.05) is 17.1 Å². The van der Waals surface area contributed by atoms with Crippen LogP contribution >= 0.6 is 0 Å². The lowest BCUT2D eigenvalue weighted by molar-refractivity contribution is 0.0472. The van der Waals surface area contributed by atoms with Gasteiger partial charge in [-0.05, 0) is 36.4 Å². The lowest BCUT2D eigenvalue weighted by Gasteiger charge is -2.06. The van der Waals surface area contributed by atoms with Gasteiger partial charge < -0.3 is 9.84 Å². The van der Waals surface area contributed by atoms with E-state index in [1.807, 2.05) is 30.3 Å². The molecule has 3 rings (SSSR count). The van der Waals surface area contributed by atoms with Gasteiger partial charge >= 0.3 is 5.97 Å². The first kappa shape index (κ1) is 13.1. The van der Waals surface area contributed by atoms with Crippen molar-refractivity contribution in [3.63, 3.8) is 0 Å². The Bertz CT molecular complexity index is 781. The summed E-state index contributed by atoms with van der Waals surface area (Å²) < 4.78 is 5.24. The van der Waals surface area contributed by atoms with Gasteiger partial charge in [0.2, 0.25) is 0 Å². The van der Waals surface area contributed by atoms with Gasteiger partial charge in [-0.3, -0.25) is 4.98 Å². The summed E-state index contributed by atoms with van der Waals surface area (Å²) >= 11 is 0. The fourth-order valence-corrected chi connectivity index (χ4v) is 2.03. The first-order valence-electron chi connectivity index (χ1n) is 6.52. The Kier molecular flexibility index (Phi) is 3.51. The first-order chi connectivity index (χ1) is 10.2. The van der Waals surface area contributed by atoms with Crippen molar-refractivity contribution in [2.24, 2.45) is 0 Å². The average Bonchev–Trinajstić information content (AvgIpc) is 2.53. The Balaban J connectivity index is 1.71. The minimum atomic E-state index is -0.428. The molecule has 0 aliphatic rings. The van der Waals surface area contributed by atoms with E-state index in [1.165, 1.54) is 24.3 Å². The van der Waals surface area contributed by atoms with E-state index in [0.29, 0.717) is 5.56 Å². The molecule has 0 saturated carbocycles. The highest BCUT2D eigenvalue weighted by atomic mass is 16.5. The number of aromatic nitrogens is 1. The van der Waals surface area contributed by atoms with Crippen LogP contribution in [0.25, 0.3) is 10.9 Å². The molecule has 0 fully saturated rings. The minimum absolute atomic E-state index is 0.116. The number of esters is 1. The highest BCUT2D eigenvalue weighted by Gasteiger charge is 2.07. The monoisotopic (exact) mass is 279 g/mol. The summed E-state index contributed by atoms with van der Waals surface area (Å²) in [5.74, 6) is -0.312. The summed E-state index contributed by atoms with van der Waals surface area (Å²) in [4.78, 5) is 16.2.